The summed E-state index contributed by atoms with van der Waals surface area (Å²) in [5, 5.41) is 22.6. The van der Waals surface area contributed by atoms with Gasteiger partial charge in [0.2, 0.25) is 5.91 Å². The van der Waals surface area contributed by atoms with Gasteiger partial charge in [0.15, 0.2) is 0 Å². The number of nitro groups is 1. The Labute approximate surface area is 126 Å². The normalized spacial score (nSPS) is 10.2. The van der Waals surface area contributed by atoms with Gasteiger partial charge in [0.05, 0.1) is 23.4 Å². The molecule has 1 aromatic heterocycles. The molecule has 0 unspecified atom stereocenters. The summed E-state index contributed by atoms with van der Waals surface area (Å²) in [4.78, 5) is 26.0. The second-order valence-corrected chi connectivity index (χ2v) is 4.67. The SMILES string of the molecule is O=C(CCc1cccc([N+](=O)[O-])c1)Nc1cnccc1CO. The first-order chi connectivity index (χ1) is 10.6. The van der Waals surface area contributed by atoms with Crippen LogP contribution in [0.4, 0.5) is 11.4 Å². The number of aliphatic hydroxyl groups is 1. The van der Waals surface area contributed by atoms with Crippen LogP contribution < -0.4 is 5.32 Å². The number of rotatable bonds is 6. The first-order valence-electron chi connectivity index (χ1n) is 6.67. The van der Waals surface area contributed by atoms with Crippen LogP contribution in [0.25, 0.3) is 0 Å². The number of non-ortho nitro benzene ring substituents is 1. The monoisotopic (exact) mass is 301 g/mol. The molecule has 0 aliphatic rings. The molecule has 2 aromatic rings. The Bertz CT molecular complexity index is 688. The Hall–Kier alpha value is -2.80. The number of pyridine rings is 1. The van der Waals surface area contributed by atoms with Crippen LogP contribution in [-0.4, -0.2) is 20.9 Å². The van der Waals surface area contributed by atoms with Crippen molar-refractivity contribution >= 4 is 17.3 Å². The van der Waals surface area contributed by atoms with Crippen LogP contribution in [-0.2, 0) is 17.8 Å². The van der Waals surface area contributed by atoms with E-state index in [0.29, 0.717) is 17.7 Å². The number of benzene rings is 1. The average molecular weight is 301 g/mol. The third kappa shape index (κ3) is 4.10. The topological polar surface area (TPSA) is 105 Å². The van der Waals surface area contributed by atoms with E-state index in [0.717, 1.165) is 5.56 Å². The summed E-state index contributed by atoms with van der Waals surface area (Å²) < 4.78 is 0. The molecule has 0 atom stereocenters. The molecule has 0 aliphatic carbocycles. The summed E-state index contributed by atoms with van der Waals surface area (Å²) in [6.07, 6.45) is 3.57. The molecule has 2 rings (SSSR count). The maximum Gasteiger partial charge on any atom is 0.269 e. The zero-order valence-corrected chi connectivity index (χ0v) is 11.7. The fourth-order valence-electron chi connectivity index (χ4n) is 1.97. The number of anilines is 1. The average Bonchev–Trinajstić information content (AvgIpc) is 2.53. The van der Waals surface area contributed by atoms with Crippen molar-refractivity contribution in [1.82, 2.24) is 4.98 Å². The molecular formula is C15H15N3O4. The van der Waals surface area contributed by atoms with Crippen LogP contribution in [0.5, 0.6) is 0 Å². The van der Waals surface area contributed by atoms with Gasteiger partial charge in [-0.2, -0.15) is 0 Å². The molecule has 0 bridgehead atoms. The van der Waals surface area contributed by atoms with E-state index < -0.39 is 4.92 Å². The van der Waals surface area contributed by atoms with Crippen LogP contribution >= 0.6 is 0 Å². The van der Waals surface area contributed by atoms with Gasteiger partial charge in [-0.25, -0.2) is 0 Å². The van der Waals surface area contributed by atoms with E-state index in [9.17, 15) is 20.0 Å². The van der Waals surface area contributed by atoms with Crippen molar-refractivity contribution in [3.63, 3.8) is 0 Å². The van der Waals surface area contributed by atoms with Gasteiger partial charge < -0.3 is 10.4 Å². The number of carbonyl (C=O) groups excluding carboxylic acids is 1. The number of nitrogens with zero attached hydrogens (tertiary/aromatic N) is 2. The van der Waals surface area contributed by atoms with Crippen molar-refractivity contribution in [2.24, 2.45) is 0 Å². The van der Waals surface area contributed by atoms with E-state index in [1.54, 1.807) is 18.2 Å². The lowest BCUT2D eigenvalue weighted by atomic mass is 10.1. The molecule has 1 amide bonds. The van der Waals surface area contributed by atoms with Crippen molar-refractivity contribution in [1.29, 1.82) is 0 Å². The fraction of sp³-hybridized carbons (Fsp3) is 0.200. The zero-order valence-electron chi connectivity index (χ0n) is 11.7. The Morgan fingerprint density at radius 3 is 2.91 bits per heavy atom. The molecule has 0 saturated carbocycles. The summed E-state index contributed by atoms with van der Waals surface area (Å²) >= 11 is 0. The quantitative estimate of drug-likeness (QED) is 0.627. The van der Waals surface area contributed by atoms with Gasteiger partial charge in [0.25, 0.3) is 5.69 Å². The Morgan fingerprint density at radius 2 is 2.18 bits per heavy atom. The standard InChI is InChI=1S/C15H15N3O4/c19-10-12-6-7-16-9-14(12)17-15(20)5-4-11-2-1-3-13(8-11)18(21)22/h1-3,6-9,19H,4-5,10H2,(H,17,20). The molecule has 2 N–H and O–H groups in total. The van der Waals surface area contributed by atoms with Crippen LogP contribution in [0, 0.1) is 10.1 Å². The molecule has 22 heavy (non-hydrogen) atoms. The molecule has 1 heterocycles. The lowest BCUT2D eigenvalue weighted by molar-refractivity contribution is -0.384. The third-order valence-corrected chi connectivity index (χ3v) is 3.12. The highest BCUT2D eigenvalue weighted by Gasteiger charge is 2.09. The summed E-state index contributed by atoms with van der Waals surface area (Å²) in [5.74, 6) is -0.241. The van der Waals surface area contributed by atoms with Gasteiger partial charge in [-0.1, -0.05) is 12.1 Å². The molecule has 0 radical (unpaired) electrons. The number of nitrogens with one attached hydrogen (secondary N) is 1. The van der Waals surface area contributed by atoms with E-state index >= 15 is 0 Å². The molecule has 1 aromatic carbocycles. The fourth-order valence-corrected chi connectivity index (χ4v) is 1.97. The number of aliphatic hydroxyl groups excluding tert-OH is 1. The predicted octanol–water partition coefficient (Wildman–Crippen LogP) is 2.05. The number of hydrogen-bond acceptors (Lipinski definition) is 5. The lowest BCUT2D eigenvalue weighted by Gasteiger charge is -2.08. The maximum atomic E-state index is 11.9. The first-order valence-corrected chi connectivity index (χ1v) is 6.67. The highest BCUT2D eigenvalue weighted by atomic mass is 16.6. The molecule has 0 saturated heterocycles. The van der Waals surface area contributed by atoms with Crippen molar-refractivity contribution in [3.05, 3.63) is 64.0 Å². The molecule has 7 nitrogen and oxygen atoms in total. The van der Waals surface area contributed by atoms with E-state index in [4.69, 9.17) is 0 Å². The highest BCUT2D eigenvalue weighted by molar-refractivity contribution is 5.91. The largest absolute Gasteiger partial charge is 0.392 e. The molecule has 0 spiro atoms. The van der Waals surface area contributed by atoms with Crippen molar-refractivity contribution in [3.8, 4) is 0 Å². The summed E-state index contributed by atoms with van der Waals surface area (Å²) in [6, 6.07) is 7.82. The minimum atomic E-state index is -0.466. The van der Waals surface area contributed by atoms with Crippen LogP contribution in [0.2, 0.25) is 0 Å². The number of amides is 1. The van der Waals surface area contributed by atoms with Crippen LogP contribution in [0.3, 0.4) is 0 Å². The second kappa shape index (κ2) is 7.28. The number of carbonyl (C=O) groups is 1. The Kier molecular flexibility index (Phi) is 5.16. The van der Waals surface area contributed by atoms with Crippen molar-refractivity contribution in [2.45, 2.75) is 19.4 Å². The zero-order chi connectivity index (χ0) is 15.9. The van der Waals surface area contributed by atoms with Gasteiger partial charge in [-0.3, -0.25) is 19.9 Å². The number of hydrogen-bond donors (Lipinski definition) is 2. The van der Waals surface area contributed by atoms with Crippen molar-refractivity contribution in [2.75, 3.05) is 5.32 Å². The molecule has 0 fully saturated rings. The Morgan fingerprint density at radius 1 is 1.36 bits per heavy atom. The van der Waals surface area contributed by atoms with Crippen molar-refractivity contribution < 1.29 is 14.8 Å². The van der Waals surface area contributed by atoms with Gasteiger partial charge >= 0.3 is 0 Å². The number of nitro benzene ring substituents is 1. The summed E-state index contributed by atoms with van der Waals surface area (Å²) in [7, 11) is 0. The maximum absolute atomic E-state index is 11.9. The van der Waals surface area contributed by atoms with Gasteiger partial charge in [-0.05, 0) is 18.1 Å². The van der Waals surface area contributed by atoms with E-state index in [-0.39, 0.29) is 24.6 Å². The third-order valence-electron chi connectivity index (χ3n) is 3.12. The molecule has 7 heteroatoms. The summed E-state index contributed by atoms with van der Waals surface area (Å²) in [5.41, 5.74) is 1.78. The minimum absolute atomic E-state index is 0.00716. The highest BCUT2D eigenvalue weighted by Crippen LogP contribution is 2.16. The van der Waals surface area contributed by atoms with E-state index in [1.807, 2.05) is 0 Å². The van der Waals surface area contributed by atoms with E-state index in [2.05, 4.69) is 10.3 Å². The molecule has 0 aliphatic heterocycles. The predicted molar refractivity (Wildman–Crippen MR) is 80.2 cm³/mol. The smallest absolute Gasteiger partial charge is 0.269 e. The second-order valence-electron chi connectivity index (χ2n) is 4.67. The minimum Gasteiger partial charge on any atom is -0.392 e. The number of aromatic nitrogens is 1. The van der Waals surface area contributed by atoms with Gasteiger partial charge in [0, 0.05) is 30.3 Å². The Balaban J connectivity index is 1.95. The number of aryl methyl sites for hydroxylation is 1. The molecular weight excluding hydrogens is 286 g/mol. The lowest BCUT2D eigenvalue weighted by Crippen LogP contribution is -2.14. The van der Waals surface area contributed by atoms with Crippen LogP contribution in [0.15, 0.2) is 42.7 Å². The van der Waals surface area contributed by atoms with E-state index in [1.165, 1.54) is 24.5 Å². The van der Waals surface area contributed by atoms with Crippen LogP contribution in [0.1, 0.15) is 17.5 Å². The molecule has 114 valence electrons. The summed E-state index contributed by atoms with van der Waals surface area (Å²) in [6.45, 7) is -0.191. The first kappa shape index (κ1) is 15.6. The van der Waals surface area contributed by atoms with Gasteiger partial charge in [0.1, 0.15) is 0 Å². The van der Waals surface area contributed by atoms with Gasteiger partial charge in [-0.15, -0.1) is 0 Å².